The number of rotatable bonds is 5. The van der Waals surface area contributed by atoms with E-state index < -0.39 is 0 Å². The van der Waals surface area contributed by atoms with Crippen LogP contribution in [-0.4, -0.2) is 22.4 Å². The maximum Gasteiger partial charge on any atom is 0.0577 e. The van der Waals surface area contributed by atoms with E-state index in [2.05, 4.69) is 40.7 Å². The first-order valence-corrected chi connectivity index (χ1v) is 12.7. The monoisotopic (exact) mass is 402 g/mol. The van der Waals surface area contributed by atoms with Crippen molar-refractivity contribution in [2.45, 2.75) is 111 Å². The zero-order chi connectivity index (χ0) is 21.0. The molecule has 0 amide bonds. The molecule has 4 rings (SSSR count). The van der Waals surface area contributed by atoms with E-state index in [1.807, 2.05) is 0 Å². The minimum atomic E-state index is -0.137. The Hall–Kier alpha value is -0.340. The van der Waals surface area contributed by atoms with Crippen LogP contribution in [0.25, 0.3) is 0 Å². The third kappa shape index (κ3) is 3.65. The lowest BCUT2D eigenvalue weighted by Crippen LogP contribution is -2.50. The summed E-state index contributed by atoms with van der Waals surface area (Å²) in [6, 6.07) is 0. The number of fused-ring (bicyclic) bond motifs is 5. The largest absolute Gasteiger partial charge is 0.393 e. The molecule has 0 heterocycles. The van der Waals surface area contributed by atoms with Gasteiger partial charge in [-0.25, -0.2) is 0 Å². The average molecular weight is 403 g/mol. The van der Waals surface area contributed by atoms with Gasteiger partial charge in [-0.3, -0.25) is 0 Å². The van der Waals surface area contributed by atoms with Crippen LogP contribution >= 0.6 is 0 Å². The molecule has 0 spiro atoms. The van der Waals surface area contributed by atoms with Gasteiger partial charge in [-0.1, -0.05) is 46.3 Å². The molecule has 0 radical (unpaired) electrons. The second-order valence-electron chi connectivity index (χ2n) is 12.3. The van der Waals surface area contributed by atoms with Crippen molar-refractivity contribution in [3.8, 4) is 0 Å². The van der Waals surface area contributed by atoms with Crippen molar-refractivity contribution in [1.82, 2.24) is 0 Å². The third-order valence-electron chi connectivity index (χ3n) is 10.5. The molecule has 0 aliphatic heterocycles. The quantitative estimate of drug-likeness (QED) is 0.525. The van der Waals surface area contributed by atoms with E-state index in [9.17, 15) is 10.2 Å². The van der Waals surface area contributed by atoms with Gasteiger partial charge in [0.1, 0.15) is 0 Å². The highest BCUT2D eigenvalue weighted by Crippen LogP contribution is 2.67. The summed E-state index contributed by atoms with van der Waals surface area (Å²) in [6.45, 7) is 11.9. The van der Waals surface area contributed by atoms with Crippen LogP contribution < -0.4 is 0 Å². The van der Waals surface area contributed by atoms with Crippen LogP contribution in [0.15, 0.2) is 11.6 Å². The molecule has 0 bridgehead atoms. The Balaban J connectivity index is 1.49. The third-order valence-corrected chi connectivity index (χ3v) is 10.5. The molecule has 2 nitrogen and oxygen atoms in total. The SMILES string of the molecule is CC(C)[C@H](O)CC[C@@H](C)C1CC[C@H]2C3CC=C4C[C@@H](O)CC[C@]4(C)C3CC[C@]12C. The second-order valence-corrected chi connectivity index (χ2v) is 12.3. The fourth-order valence-corrected chi connectivity index (χ4v) is 8.59. The normalized spacial score (nSPS) is 46.5. The van der Waals surface area contributed by atoms with Crippen LogP contribution in [-0.2, 0) is 0 Å². The van der Waals surface area contributed by atoms with Crippen molar-refractivity contribution < 1.29 is 10.2 Å². The van der Waals surface area contributed by atoms with E-state index in [0.717, 1.165) is 48.9 Å². The van der Waals surface area contributed by atoms with E-state index >= 15 is 0 Å². The zero-order valence-electron chi connectivity index (χ0n) is 19.7. The van der Waals surface area contributed by atoms with Crippen molar-refractivity contribution in [3.63, 3.8) is 0 Å². The maximum absolute atomic E-state index is 10.3. The first kappa shape index (κ1) is 21.9. The van der Waals surface area contributed by atoms with E-state index in [-0.39, 0.29) is 12.2 Å². The van der Waals surface area contributed by atoms with Gasteiger partial charge in [-0.15, -0.1) is 0 Å². The molecule has 0 aromatic heterocycles. The van der Waals surface area contributed by atoms with Crippen molar-refractivity contribution >= 4 is 0 Å². The molecule has 29 heavy (non-hydrogen) atoms. The Labute approximate surface area is 179 Å². The lowest BCUT2D eigenvalue weighted by Gasteiger charge is -2.58. The number of aliphatic hydroxyl groups is 2. The smallest absolute Gasteiger partial charge is 0.0577 e. The molecule has 2 heteroatoms. The van der Waals surface area contributed by atoms with Gasteiger partial charge >= 0.3 is 0 Å². The Morgan fingerprint density at radius 2 is 1.76 bits per heavy atom. The number of allylic oxidation sites excluding steroid dienone is 1. The van der Waals surface area contributed by atoms with Crippen molar-refractivity contribution in [2.24, 2.45) is 46.3 Å². The van der Waals surface area contributed by atoms with Crippen LogP contribution in [0.3, 0.4) is 0 Å². The highest BCUT2D eigenvalue weighted by molar-refractivity contribution is 5.25. The molecule has 0 aromatic carbocycles. The minimum Gasteiger partial charge on any atom is -0.393 e. The molecule has 3 unspecified atom stereocenters. The summed E-state index contributed by atoms with van der Waals surface area (Å²) in [7, 11) is 0. The highest BCUT2D eigenvalue weighted by Gasteiger charge is 2.59. The predicted molar refractivity (Wildman–Crippen MR) is 120 cm³/mol. The summed E-state index contributed by atoms with van der Waals surface area (Å²) in [5.41, 5.74) is 2.44. The van der Waals surface area contributed by atoms with E-state index in [1.54, 1.807) is 5.57 Å². The summed E-state index contributed by atoms with van der Waals surface area (Å²) in [5, 5.41) is 20.5. The molecule has 4 aliphatic carbocycles. The Bertz CT molecular complexity index is 624. The topological polar surface area (TPSA) is 40.5 Å². The summed E-state index contributed by atoms with van der Waals surface area (Å²) >= 11 is 0. The van der Waals surface area contributed by atoms with Gasteiger partial charge in [-0.05, 0) is 111 Å². The fraction of sp³-hybridized carbons (Fsp3) is 0.926. The minimum absolute atomic E-state index is 0.0994. The first-order valence-electron chi connectivity index (χ1n) is 12.7. The van der Waals surface area contributed by atoms with Crippen molar-refractivity contribution in [3.05, 3.63) is 11.6 Å². The summed E-state index contributed by atoms with van der Waals surface area (Å²) in [4.78, 5) is 0. The van der Waals surface area contributed by atoms with Crippen molar-refractivity contribution in [2.75, 3.05) is 0 Å². The molecule has 2 N–H and O–H groups in total. The lowest BCUT2D eigenvalue weighted by molar-refractivity contribution is -0.0579. The number of hydrogen-bond donors (Lipinski definition) is 2. The van der Waals surface area contributed by atoms with Crippen molar-refractivity contribution in [1.29, 1.82) is 0 Å². The molecule has 0 saturated heterocycles. The Kier molecular flexibility index (Phi) is 6.01. The number of aliphatic hydroxyl groups excluding tert-OH is 2. The predicted octanol–water partition coefficient (Wildman–Crippen LogP) is 6.36. The van der Waals surface area contributed by atoms with Crippen LogP contribution in [0, 0.1) is 46.3 Å². The Morgan fingerprint density at radius 1 is 1.00 bits per heavy atom. The number of hydrogen-bond acceptors (Lipinski definition) is 2. The van der Waals surface area contributed by atoms with Gasteiger partial charge < -0.3 is 10.2 Å². The standard InChI is InChI=1S/C27H46O2/c1-17(2)25(29)11-6-18(3)22-9-10-23-21-8-7-19-16-20(28)12-14-26(19,4)24(21)13-15-27(22,23)5/h7,17-18,20-25,28-29H,6,8-16H2,1-5H3/t18-,20+,21?,22?,23+,24?,25-,26+,27-/m1/s1. The summed E-state index contributed by atoms with van der Waals surface area (Å²) in [5.74, 6) is 4.51. The molecular weight excluding hydrogens is 356 g/mol. The lowest BCUT2D eigenvalue weighted by atomic mass is 9.47. The van der Waals surface area contributed by atoms with Crippen LogP contribution in [0.2, 0.25) is 0 Å². The van der Waals surface area contributed by atoms with Crippen LogP contribution in [0.4, 0.5) is 0 Å². The second kappa shape index (κ2) is 7.97. The van der Waals surface area contributed by atoms with Crippen LogP contribution in [0.5, 0.6) is 0 Å². The summed E-state index contributed by atoms with van der Waals surface area (Å²) in [6.07, 6.45) is 14.4. The molecule has 9 atom stereocenters. The van der Waals surface area contributed by atoms with E-state index in [0.29, 0.717) is 16.7 Å². The average Bonchev–Trinajstić information content (AvgIpc) is 3.03. The summed E-state index contributed by atoms with van der Waals surface area (Å²) < 4.78 is 0. The van der Waals surface area contributed by atoms with E-state index in [4.69, 9.17) is 0 Å². The van der Waals surface area contributed by atoms with Gasteiger partial charge in [0, 0.05) is 0 Å². The molecule has 4 aliphatic rings. The van der Waals surface area contributed by atoms with Gasteiger partial charge in [-0.2, -0.15) is 0 Å². The van der Waals surface area contributed by atoms with Gasteiger partial charge in [0.25, 0.3) is 0 Å². The van der Waals surface area contributed by atoms with Crippen LogP contribution in [0.1, 0.15) is 98.8 Å². The molecule has 166 valence electrons. The maximum atomic E-state index is 10.3. The fourth-order valence-electron chi connectivity index (χ4n) is 8.59. The van der Waals surface area contributed by atoms with Gasteiger partial charge in [0.05, 0.1) is 12.2 Å². The van der Waals surface area contributed by atoms with E-state index in [1.165, 1.54) is 44.9 Å². The molecule has 0 aromatic rings. The Morgan fingerprint density at radius 3 is 2.48 bits per heavy atom. The van der Waals surface area contributed by atoms with Gasteiger partial charge in [0.15, 0.2) is 0 Å². The van der Waals surface area contributed by atoms with Gasteiger partial charge in [0.2, 0.25) is 0 Å². The zero-order valence-corrected chi connectivity index (χ0v) is 19.7. The molecule has 3 saturated carbocycles. The molecular formula is C27H46O2. The highest BCUT2D eigenvalue weighted by atomic mass is 16.3. The first-order chi connectivity index (χ1) is 13.7. The molecule has 3 fully saturated rings.